The van der Waals surface area contributed by atoms with Gasteiger partial charge in [-0.2, -0.15) is 0 Å². The molecule has 20 heavy (non-hydrogen) atoms. The van der Waals surface area contributed by atoms with E-state index in [4.69, 9.17) is 0 Å². The fourth-order valence-corrected chi connectivity index (χ4v) is 2.22. The highest BCUT2D eigenvalue weighted by atomic mass is 16.2. The van der Waals surface area contributed by atoms with Gasteiger partial charge in [0.15, 0.2) is 0 Å². The first kappa shape index (κ1) is 12.3. The van der Waals surface area contributed by atoms with Gasteiger partial charge in [-0.05, 0) is 23.8 Å². The van der Waals surface area contributed by atoms with Gasteiger partial charge in [0, 0.05) is 24.6 Å². The number of hydrogen-bond acceptors (Lipinski definition) is 3. The van der Waals surface area contributed by atoms with Crippen LogP contribution in [0.1, 0.15) is 15.9 Å². The molecular formula is C15H13N3O2. The van der Waals surface area contributed by atoms with Crippen LogP contribution in [0.4, 0.5) is 5.69 Å². The number of pyridine rings is 1. The van der Waals surface area contributed by atoms with Crippen LogP contribution in [0, 0.1) is 0 Å². The Hall–Kier alpha value is -2.69. The lowest BCUT2D eigenvalue weighted by atomic mass is 10.1. The number of rotatable bonds is 1. The number of benzene rings is 1. The zero-order valence-electron chi connectivity index (χ0n) is 10.7. The number of anilines is 1. The molecule has 0 bridgehead atoms. The van der Waals surface area contributed by atoms with Crippen molar-refractivity contribution in [2.24, 2.45) is 0 Å². The largest absolute Gasteiger partial charge is 0.325 e. The molecule has 0 unspecified atom stereocenters. The van der Waals surface area contributed by atoms with Gasteiger partial charge in [0.1, 0.15) is 6.54 Å². The summed E-state index contributed by atoms with van der Waals surface area (Å²) in [4.78, 5) is 29.8. The van der Waals surface area contributed by atoms with Gasteiger partial charge in [-0.25, -0.2) is 0 Å². The number of aromatic nitrogens is 1. The molecular weight excluding hydrogens is 254 g/mol. The van der Waals surface area contributed by atoms with Crippen LogP contribution >= 0.6 is 0 Å². The van der Waals surface area contributed by atoms with Gasteiger partial charge in [0.25, 0.3) is 5.91 Å². The number of nitrogens with zero attached hydrogens (tertiary/aromatic N) is 2. The lowest BCUT2D eigenvalue weighted by Gasteiger charge is -2.19. The van der Waals surface area contributed by atoms with E-state index in [2.05, 4.69) is 10.3 Å². The molecule has 2 heterocycles. The third kappa shape index (κ3) is 2.38. The first-order valence-electron chi connectivity index (χ1n) is 6.31. The Kier molecular flexibility index (Phi) is 3.16. The topological polar surface area (TPSA) is 62.3 Å². The van der Waals surface area contributed by atoms with Crippen molar-refractivity contribution in [2.75, 3.05) is 11.9 Å². The Morgan fingerprint density at radius 2 is 2.00 bits per heavy atom. The molecule has 3 rings (SSSR count). The third-order valence-corrected chi connectivity index (χ3v) is 3.18. The van der Waals surface area contributed by atoms with E-state index in [0.717, 1.165) is 11.3 Å². The Morgan fingerprint density at radius 1 is 1.15 bits per heavy atom. The van der Waals surface area contributed by atoms with E-state index in [-0.39, 0.29) is 18.4 Å². The molecule has 2 amide bonds. The molecule has 1 aliphatic rings. The lowest BCUT2D eigenvalue weighted by molar-refractivity contribution is -0.116. The number of nitrogens with one attached hydrogen (secondary N) is 1. The van der Waals surface area contributed by atoms with Crippen LogP contribution in [0.3, 0.4) is 0 Å². The molecule has 0 radical (unpaired) electrons. The molecule has 100 valence electrons. The van der Waals surface area contributed by atoms with Crippen molar-refractivity contribution < 1.29 is 9.59 Å². The van der Waals surface area contributed by atoms with Gasteiger partial charge in [-0.1, -0.05) is 18.2 Å². The molecule has 0 aliphatic carbocycles. The van der Waals surface area contributed by atoms with Crippen molar-refractivity contribution in [1.29, 1.82) is 0 Å². The van der Waals surface area contributed by atoms with Crippen LogP contribution in [0.2, 0.25) is 0 Å². The van der Waals surface area contributed by atoms with Gasteiger partial charge in [0.2, 0.25) is 5.91 Å². The van der Waals surface area contributed by atoms with E-state index in [1.54, 1.807) is 18.3 Å². The summed E-state index contributed by atoms with van der Waals surface area (Å²) in [6.07, 6.45) is 3.12. The molecule has 0 spiro atoms. The Morgan fingerprint density at radius 3 is 2.80 bits per heavy atom. The zero-order valence-corrected chi connectivity index (χ0v) is 10.7. The molecule has 0 atom stereocenters. The summed E-state index contributed by atoms with van der Waals surface area (Å²) in [5.74, 6) is -0.378. The van der Waals surface area contributed by atoms with Crippen molar-refractivity contribution in [3.63, 3.8) is 0 Å². The summed E-state index contributed by atoms with van der Waals surface area (Å²) in [5, 5.41) is 2.81. The van der Waals surface area contributed by atoms with Crippen LogP contribution in [-0.2, 0) is 11.3 Å². The highest BCUT2D eigenvalue weighted by Gasteiger charge is 2.23. The van der Waals surface area contributed by atoms with E-state index in [0.29, 0.717) is 12.1 Å². The highest BCUT2D eigenvalue weighted by Crippen LogP contribution is 2.21. The normalized spacial score (nSPS) is 14.2. The van der Waals surface area contributed by atoms with Crippen molar-refractivity contribution >= 4 is 17.5 Å². The molecule has 0 saturated heterocycles. The average molecular weight is 267 g/mol. The Bertz CT molecular complexity index is 655. The van der Waals surface area contributed by atoms with Crippen LogP contribution in [-0.4, -0.2) is 28.2 Å². The summed E-state index contributed by atoms with van der Waals surface area (Å²) < 4.78 is 0. The number of hydrogen-bond donors (Lipinski definition) is 1. The second-order valence-electron chi connectivity index (χ2n) is 4.61. The first-order valence-corrected chi connectivity index (χ1v) is 6.31. The van der Waals surface area contributed by atoms with E-state index in [1.807, 2.05) is 24.3 Å². The van der Waals surface area contributed by atoms with Crippen LogP contribution in [0.5, 0.6) is 0 Å². The van der Waals surface area contributed by atoms with Crippen molar-refractivity contribution in [1.82, 2.24) is 9.88 Å². The highest BCUT2D eigenvalue weighted by molar-refractivity contribution is 6.00. The van der Waals surface area contributed by atoms with Crippen molar-refractivity contribution in [3.8, 4) is 0 Å². The second kappa shape index (κ2) is 5.13. The zero-order chi connectivity index (χ0) is 13.9. The molecule has 1 aliphatic heterocycles. The fourth-order valence-electron chi connectivity index (χ4n) is 2.22. The molecule has 2 aromatic rings. The minimum absolute atomic E-state index is 0.0441. The standard InChI is InChI=1S/C15H13N3O2/c19-14-10-18(15(20)11-5-3-7-16-8-11)9-12-4-1-2-6-13(12)17-14/h1-8H,9-10H2,(H,17,19). The first-order chi connectivity index (χ1) is 9.74. The third-order valence-electron chi connectivity index (χ3n) is 3.18. The van der Waals surface area contributed by atoms with Gasteiger partial charge in [0.05, 0.1) is 5.56 Å². The van der Waals surface area contributed by atoms with E-state index >= 15 is 0 Å². The second-order valence-corrected chi connectivity index (χ2v) is 4.61. The SMILES string of the molecule is O=C1CN(C(=O)c2cccnc2)Cc2ccccc2N1. The maximum Gasteiger partial charge on any atom is 0.256 e. The van der Waals surface area contributed by atoms with Gasteiger partial charge < -0.3 is 10.2 Å². The average Bonchev–Trinajstić information content (AvgIpc) is 2.65. The van der Waals surface area contributed by atoms with Crippen LogP contribution < -0.4 is 5.32 Å². The number of amides is 2. The molecule has 1 N–H and O–H groups in total. The van der Waals surface area contributed by atoms with Crippen LogP contribution in [0.25, 0.3) is 0 Å². The maximum absolute atomic E-state index is 12.4. The molecule has 1 aromatic carbocycles. The lowest BCUT2D eigenvalue weighted by Crippen LogP contribution is -2.35. The maximum atomic E-state index is 12.4. The predicted octanol–water partition coefficient (Wildman–Crippen LogP) is 1.68. The minimum atomic E-state index is -0.190. The van der Waals surface area contributed by atoms with E-state index in [1.165, 1.54) is 11.1 Å². The predicted molar refractivity (Wildman–Crippen MR) is 74.0 cm³/mol. The van der Waals surface area contributed by atoms with Gasteiger partial charge in [-0.3, -0.25) is 14.6 Å². The number of carbonyl (C=O) groups is 2. The number of fused-ring (bicyclic) bond motifs is 1. The summed E-state index contributed by atoms with van der Waals surface area (Å²) in [5.41, 5.74) is 2.18. The fraction of sp³-hybridized carbons (Fsp3) is 0.133. The molecule has 5 nitrogen and oxygen atoms in total. The quantitative estimate of drug-likeness (QED) is 0.855. The monoisotopic (exact) mass is 267 g/mol. The molecule has 0 saturated carbocycles. The summed E-state index contributed by atoms with van der Waals surface area (Å²) in [6.45, 7) is 0.449. The number of carbonyl (C=O) groups excluding carboxylic acids is 2. The van der Waals surface area contributed by atoms with Crippen molar-refractivity contribution in [2.45, 2.75) is 6.54 Å². The Balaban J connectivity index is 1.91. The summed E-state index contributed by atoms with van der Waals surface area (Å²) >= 11 is 0. The molecule has 0 fully saturated rings. The van der Waals surface area contributed by atoms with Crippen molar-refractivity contribution in [3.05, 3.63) is 59.9 Å². The molecule has 1 aromatic heterocycles. The Labute approximate surface area is 116 Å². The summed E-state index contributed by atoms with van der Waals surface area (Å²) in [6, 6.07) is 10.9. The van der Waals surface area contributed by atoms with Crippen LogP contribution in [0.15, 0.2) is 48.8 Å². The molecule has 5 heteroatoms. The van der Waals surface area contributed by atoms with E-state index in [9.17, 15) is 9.59 Å². The van der Waals surface area contributed by atoms with Gasteiger partial charge >= 0.3 is 0 Å². The number of para-hydroxylation sites is 1. The minimum Gasteiger partial charge on any atom is -0.325 e. The smallest absolute Gasteiger partial charge is 0.256 e. The van der Waals surface area contributed by atoms with Gasteiger partial charge in [-0.15, -0.1) is 0 Å². The van der Waals surface area contributed by atoms with E-state index < -0.39 is 0 Å². The summed E-state index contributed by atoms with van der Waals surface area (Å²) in [7, 11) is 0.